The second-order valence-corrected chi connectivity index (χ2v) is 3.93. The molecule has 0 aliphatic rings. The van der Waals surface area contributed by atoms with Crippen LogP contribution < -0.4 is 5.32 Å². The van der Waals surface area contributed by atoms with E-state index < -0.39 is 0 Å². The topological polar surface area (TPSA) is 12.0 Å². The van der Waals surface area contributed by atoms with E-state index in [9.17, 15) is 0 Å². The van der Waals surface area contributed by atoms with Crippen LogP contribution in [-0.2, 0) is 0 Å². The molecule has 12 heavy (non-hydrogen) atoms. The Kier molecular flexibility index (Phi) is 6.09. The van der Waals surface area contributed by atoms with Crippen LogP contribution >= 0.6 is 0 Å². The molecule has 0 heterocycles. The van der Waals surface area contributed by atoms with Gasteiger partial charge in [0.25, 0.3) is 0 Å². The average molecular weight is 169 g/mol. The molecule has 0 fully saturated rings. The smallest absolute Gasteiger partial charge is 0.0164 e. The van der Waals surface area contributed by atoms with E-state index in [1.165, 1.54) is 12.0 Å². The van der Waals surface area contributed by atoms with E-state index in [1.807, 2.05) is 0 Å². The predicted octanol–water partition coefficient (Wildman–Crippen LogP) is 2.98. The van der Waals surface area contributed by atoms with Crippen LogP contribution in [0.1, 0.15) is 41.0 Å². The second kappa shape index (κ2) is 6.24. The first kappa shape index (κ1) is 11.7. The van der Waals surface area contributed by atoms with Crippen LogP contribution in [0.2, 0.25) is 0 Å². The summed E-state index contributed by atoms with van der Waals surface area (Å²) in [5, 5.41) is 3.41. The Morgan fingerprint density at radius 3 is 2.33 bits per heavy atom. The molecule has 0 amide bonds. The lowest BCUT2D eigenvalue weighted by Crippen LogP contribution is -2.24. The van der Waals surface area contributed by atoms with Crippen LogP contribution in [0.4, 0.5) is 0 Å². The minimum Gasteiger partial charge on any atom is -0.311 e. The normalized spacial score (nSPS) is 15.3. The minimum atomic E-state index is 0.588. The van der Waals surface area contributed by atoms with E-state index in [0.29, 0.717) is 6.04 Å². The standard InChI is InChI=1S/C11H23N/c1-6-10(4)7-11(5)8-12-9(2)3/h7,9-10,12H,6,8H2,1-5H3/b11-7-. The monoisotopic (exact) mass is 169 g/mol. The zero-order valence-corrected chi connectivity index (χ0v) is 9.15. The molecule has 1 atom stereocenters. The molecule has 0 aliphatic heterocycles. The molecular weight excluding hydrogens is 146 g/mol. The summed E-state index contributed by atoms with van der Waals surface area (Å²) in [6, 6.07) is 0.588. The van der Waals surface area contributed by atoms with E-state index >= 15 is 0 Å². The van der Waals surface area contributed by atoms with E-state index in [1.54, 1.807) is 0 Å². The van der Waals surface area contributed by atoms with Gasteiger partial charge in [-0.1, -0.05) is 45.8 Å². The van der Waals surface area contributed by atoms with Gasteiger partial charge < -0.3 is 5.32 Å². The van der Waals surface area contributed by atoms with E-state index in [0.717, 1.165) is 12.5 Å². The van der Waals surface area contributed by atoms with Crippen LogP contribution in [0.3, 0.4) is 0 Å². The molecule has 1 N–H and O–H groups in total. The first-order valence-electron chi connectivity index (χ1n) is 4.97. The lowest BCUT2D eigenvalue weighted by atomic mass is 10.1. The van der Waals surface area contributed by atoms with Crippen molar-refractivity contribution in [2.24, 2.45) is 5.92 Å². The highest BCUT2D eigenvalue weighted by molar-refractivity contribution is 5.02. The fourth-order valence-electron chi connectivity index (χ4n) is 1.03. The number of allylic oxidation sites excluding steroid dienone is 1. The van der Waals surface area contributed by atoms with Crippen LogP contribution in [0.25, 0.3) is 0 Å². The Morgan fingerprint density at radius 1 is 1.33 bits per heavy atom. The fraction of sp³-hybridized carbons (Fsp3) is 0.818. The lowest BCUT2D eigenvalue weighted by molar-refractivity contribution is 0.614. The largest absolute Gasteiger partial charge is 0.311 e. The summed E-state index contributed by atoms with van der Waals surface area (Å²) in [5.74, 6) is 0.721. The molecule has 0 spiro atoms. The van der Waals surface area contributed by atoms with Crippen molar-refractivity contribution in [2.75, 3.05) is 6.54 Å². The third kappa shape index (κ3) is 6.41. The molecule has 0 saturated carbocycles. The first-order chi connectivity index (χ1) is 5.56. The summed E-state index contributed by atoms with van der Waals surface area (Å²) in [6.07, 6.45) is 3.59. The van der Waals surface area contributed by atoms with E-state index in [4.69, 9.17) is 0 Å². The van der Waals surface area contributed by atoms with Crippen molar-refractivity contribution in [3.05, 3.63) is 11.6 Å². The summed E-state index contributed by atoms with van der Waals surface area (Å²) >= 11 is 0. The van der Waals surface area contributed by atoms with Crippen molar-refractivity contribution in [3.63, 3.8) is 0 Å². The van der Waals surface area contributed by atoms with Gasteiger partial charge in [0.1, 0.15) is 0 Å². The SMILES string of the molecule is CCC(C)/C=C(/C)CNC(C)C. The Labute approximate surface area is 77.2 Å². The summed E-state index contributed by atoms with van der Waals surface area (Å²) in [6.45, 7) is 12.1. The molecule has 0 bridgehead atoms. The Morgan fingerprint density at radius 2 is 1.92 bits per heavy atom. The molecule has 0 rings (SSSR count). The van der Waals surface area contributed by atoms with E-state index in [-0.39, 0.29) is 0 Å². The summed E-state index contributed by atoms with van der Waals surface area (Å²) in [4.78, 5) is 0. The van der Waals surface area contributed by atoms with Gasteiger partial charge in [0.15, 0.2) is 0 Å². The Bertz CT molecular complexity index is 136. The molecule has 0 saturated heterocycles. The molecule has 0 aromatic rings. The molecule has 0 aromatic carbocycles. The molecule has 0 aliphatic carbocycles. The number of hydrogen-bond acceptors (Lipinski definition) is 1. The van der Waals surface area contributed by atoms with Crippen molar-refractivity contribution < 1.29 is 0 Å². The molecule has 72 valence electrons. The van der Waals surface area contributed by atoms with E-state index in [2.05, 4.69) is 46.0 Å². The summed E-state index contributed by atoms with van der Waals surface area (Å²) in [7, 11) is 0. The third-order valence-corrected chi connectivity index (χ3v) is 2.00. The van der Waals surface area contributed by atoms with Gasteiger partial charge in [-0.15, -0.1) is 0 Å². The number of nitrogens with one attached hydrogen (secondary N) is 1. The Hall–Kier alpha value is -0.300. The zero-order chi connectivity index (χ0) is 9.56. The third-order valence-electron chi connectivity index (χ3n) is 2.00. The maximum Gasteiger partial charge on any atom is 0.0164 e. The molecule has 0 aromatic heterocycles. The highest BCUT2D eigenvalue weighted by Gasteiger charge is 1.96. The summed E-state index contributed by atoms with van der Waals surface area (Å²) in [5.41, 5.74) is 1.46. The maximum atomic E-state index is 3.41. The Balaban J connectivity index is 3.69. The maximum absolute atomic E-state index is 3.41. The number of hydrogen-bond donors (Lipinski definition) is 1. The molecule has 1 heteroatoms. The van der Waals surface area contributed by atoms with Crippen molar-refractivity contribution >= 4 is 0 Å². The van der Waals surface area contributed by atoms with Crippen molar-refractivity contribution in [1.29, 1.82) is 0 Å². The molecular formula is C11H23N. The van der Waals surface area contributed by atoms with Crippen molar-refractivity contribution in [3.8, 4) is 0 Å². The lowest BCUT2D eigenvalue weighted by Gasteiger charge is -2.09. The predicted molar refractivity (Wildman–Crippen MR) is 56.4 cm³/mol. The zero-order valence-electron chi connectivity index (χ0n) is 9.15. The summed E-state index contributed by atoms with van der Waals surface area (Å²) < 4.78 is 0. The van der Waals surface area contributed by atoms with Gasteiger partial charge in [0.2, 0.25) is 0 Å². The van der Waals surface area contributed by atoms with Crippen LogP contribution in [0.5, 0.6) is 0 Å². The highest BCUT2D eigenvalue weighted by Crippen LogP contribution is 2.05. The average Bonchev–Trinajstić information content (AvgIpc) is 2.00. The minimum absolute atomic E-state index is 0.588. The molecule has 0 radical (unpaired) electrons. The second-order valence-electron chi connectivity index (χ2n) is 3.93. The van der Waals surface area contributed by atoms with Gasteiger partial charge >= 0.3 is 0 Å². The number of rotatable bonds is 5. The first-order valence-corrected chi connectivity index (χ1v) is 4.97. The van der Waals surface area contributed by atoms with Gasteiger partial charge in [-0.25, -0.2) is 0 Å². The molecule has 1 nitrogen and oxygen atoms in total. The molecule has 1 unspecified atom stereocenters. The fourth-order valence-corrected chi connectivity index (χ4v) is 1.03. The van der Waals surface area contributed by atoms with Crippen LogP contribution in [-0.4, -0.2) is 12.6 Å². The van der Waals surface area contributed by atoms with Gasteiger partial charge in [-0.3, -0.25) is 0 Å². The van der Waals surface area contributed by atoms with Crippen molar-refractivity contribution in [1.82, 2.24) is 5.32 Å². The van der Waals surface area contributed by atoms with Crippen molar-refractivity contribution in [2.45, 2.75) is 47.1 Å². The van der Waals surface area contributed by atoms with Crippen LogP contribution in [0.15, 0.2) is 11.6 Å². The van der Waals surface area contributed by atoms with Gasteiger partial charge in [-0.2, -0.15) is 0 Å². The highest BCUT2D eigenvalue weighted by atomic mass is 14.9. The quantitative estimate of drug-likeness (QED) is 0.624. The van der Waals surface area contributed by atoms with Gasteiger partial charge in [0, 0.05) is 12.6 Å². The van der Waals surface area contributed by atoms with Crippen LogP contribution in [0, 0.1) is 5.92 Å². The van der Waals surface area contributed by atoms with Gasteiger partial charge in [-0.05, 0) is 12.8 Å². The van der Waals surface area contributed by atoms with Gasteiger partial charge in [0.05, 0.1) is 0 Å².